The number of alkyl halides is 3. The minimum absolute atomic E-state index is 0.0327. The number of halogens is 3. The molecule has 118 valence electrons. The molecule has 21 heavy (non-hydrogen) atoms. The highest BCUT2D eigenvalue weighted by atomic mass is 19.4. The van der Waals surface area contributed by atoms with Gasteiger partial charge in [0.25, 0.3) is 0 Å². The molecule has 1 aromatic heterocycles. The Hall–Kier alpha value is -1.04. The van der Waals surface area contributed by atoms with Crippen LogP contribution in [0.25, 0.3) is 0 Å². The minimum Gasteiger partial charge on any atom is -0.321 e. The van der Waals surface area contributed by atoms with E-state index in [0.29, 0.717) is 24.6 Å². The van der Waals surface area contributed by atoms with Crippen LogP contribution in [-0.2, 0) is 19.1 Å². The summed E-state index contributed by atoms with van der Waals surface area (Å²) in [5.41, 5.74) is 1.40. The number of nitrogens with one attached hydrogen (secondary N) is 1. The quantitative estimate of drug-likeness (QED) is 0.903. The third-order valence-corrected chi connectivity index (χ3v) is 4.90. The zero-order valence-electron chi connectivity index (χ0n) is 12.3. The first-order chi connectivity index (χ1) is 10.0. The maximum atomic E-state index is 13.4. The molecular weight excluding hydrogens is 279 g/mol. The molecule has 0 aromatic carbocycles. The number of aromatic nitrogens is 2. The fourth-order valence-corrected chi connectivity index (χ4v) is 3.89. The number of rotatable bonds is 2. The van der Waals surface area contributed by atoms with Gasteiger partial charge in [0.05, 0.1) is 5.69 Å². The van der Waals surface area contributed by atoms with Crippen molar-refractivity contribution < 1.29 is 13.2 Å². The fourth-order valence-electron chi connectivity index (χ4n) is 3.89. The third kappa shape index (κ3) is 2.70. The Bertz CT molecular complexity index is 507. The van der Waals surface area contributed by atoms with E-state index in [2.05, 4.69) is 17.2 Å². The first-order valence-corrected chi connectivity index (χ1v) is 7.90. The molecule has 0 saturated heterocycles. The van der Waals surface area contributed by atoms with Crippen molar-refractivity contribution in [1.29, 1.82) is 0 Å². The molecule has 2 heterocycles. The van der Waals surface area contributed by atoms with E-state index in [9.17, 15) is 13.2 Å². The van der Waals surface area contributed by atoms with Crippen LogP contribution in [0.5, 0.6) is 0 Å². The SMILES string of the molecule is CCC1CCCCC1n1c(C(F)(F)F)nc2c1CCNC2. The zero-order chi connectivity index (χ0) is 15.0. The summed E-state index contributed by atoms with van der Waals surface area (Å²) in [4.78, 5) is 3.94. The largest absolute Gasteiger partial charge is 0.449 e. The highest BCUT2D eigenvalue weighted by Crippen LogP contribution is 2.41. The van der Waals surface area contributed by atoms with Crippen LogP contribution < -0.4 is 5.32 Å². The molecule has 3 nitrogen and oxygen atoms in total. The fraction of sp³-hybridized carbons (Fsp3) is 0.800. The highest BCUT2D eigenvalue weighted by molar-refractivity contribution is 5.23. The Morgan fingerprint density at radius 1 is 1.29 bits per heavy atom. The lowest BCUT2D eigenvalue weighted by Crippen LogP contribution is -2.31. The lowest BCUT2D eigenvalue weighted by molar-refractivity contribution is -0.148. The van der Waals surface area contributed by atoms with Crippen LogP contribution >= 0.6 is 0 Å². The van der Waals surface area contributed by atoms with Crippen LogP contribution in [0.2, 0.25) is 0 Å². The first-order valence-electron chi connectivity index (χ1n) is 7.90. The van der Waals surface area contributed by atoms with Crippen LogP contribution in [0.4, 0.5) is 13.2 Å². The van der Waals surface area contributed by atoms with E-state index in [-0.39, 0.29) is 6.04 Å². The van der Waals surface area contributed by atoms with Crippen molar-refractivity contribution in [3.63, 3.8) is 0 Å². The summed E-state index contributed by atoms with van der Waals surface area (Å²) >= 11 is 0. The second-order valence-electron chi connectivity index (χ2n) is 6.14. The van der Waals surface area contributed by atoms with E-state index in [1.165, 1.54) is 0 Å². The zero-order valence-corrected chi connectivity index (χ0v) is 12.3. The molecule has 2 aliphatic rings. The second-order valence-corrected chi connectivity index (χ2v) is 6.14. The van der Waals surface area contributed by atoms with Crippen molar-refractivity contribution in [3.05, 3.63) is 17.2 Å². The van der Waals surface area contributed by atoms with E-state index < -0.39 is 12.0 Å². The Balaban J connectivity index is 2.08. The standard InChI is InChI=1S/C15H22F3N3/c1-2-10-5-3-4-6-12(10)21-13-7-8-19-9-11(13)20-14(21)15(16,17)18/h10,12,19H,2-9H2,1H3. The molecule has 1 saturated carbocycles. The highest BCUT2D eigenvalue weighted by Gasteiger charge is 2.42. The molecule has 0 amide bonds. The van der Waals surface area contributed by atoms with Crippen LogP contribution in [0.3, 0.4) is 0 Å². The Morgan fingerprint density at radius 3 is 2.76 bits per heavy atom. The molecule has 1 fully saturated rings. The summed E-state index contributed by atoms with van der Waals surface area (Å²) in [5.74, 6) is -0.338. The van der Waals surface area contributed by atoms with Crippen LogP contribution in [0.1, 0.15) is 62.3 Å². The summed E-state index contributed by atoms with van der Waals surface area (Å²) in [5, 5.41) is 3.12. The number of hydrogen-bond acceptors (Lipinski definition) is 2. The van der Waals surface area contributed by atoms with E-state index >= 15 is 0 Å². The number of nitrogens with zero attached hydrogens (tertiary/aromatic N) is 2. The van der Waals surface area contributed by atoms with Crippen LogP contribution in [0.15, 0.2) is 0 Å². The van der Waals surface area contributed by atoms with Crippen molar-refractivity contribution >= 4 is 0 Å². The van der Waals surface area contributed by atoms with Gasteiger partial charge in [-0.25, -0.2) is 4.98 Å². The first kappa shape index (κ1) is 14.9. The predicted octanol–water partition coefficient (Wildman–Crippen LogP) is 3.69. The molecule has 6 heteroatoms. The summed E-state index contributed by atoms with van der Waals surface area (Å²) in [6.07, 6.45) is 1.24. The second kappa shape index (κ2) is 5.63. The molecule has 0 radical (unpaired) electrons. The van der Waals surface area contributed by atoms with Crippen LogP contribution in [-0.4, -0.2) is 16.1 Å². The maximum absolute atomic E-state index is 13.4. The molecule has 2 unspecified atom stereocenters. The van der Waals surface area contributed by atoms with Crippen molar-refractivity contribution in [2.45, 2.75) is 64.2 Å². The molecule has 0 bridgehead atoms. The Morgan fingerprint density at radius 2 is 2.05 bits per heavy atom. The predicted molar refractivity (Wildman–Crippen MR) is 73.9 cm³/mol. The minimum atomic E-state index is -4.37. The number of imidazole rings is 1. The van der Waals surface area contributed by atoms with Gasteiger partial charge in [-0.15, -0.1) is 0 Å². The molecule has 1 N–H and O–H groups in total. The van der Waals surface area contributed by atoms with E-state index in [4.69, 9.17) is 0 Å². The van der Waals surface area contributed by atoms with Gasteiger partial charge in [-0.1, -0.05) is 26.2 Å². The van der Waals surface area contributed by atoms with Gasteiger partial charge in [0.15, 0.2) is 0 Å². The van der Waals surface area contributed by atoms with Crippen molar-refractivity contribution in [1.82, 2.24) is 14.9 Å². The van der Waals surface area contributed by atoms with Gasteiger partial charge in [-0.05, 0) is 18.8 Å². The van der Waals surface area contributed by atoms with E-state index in [1.54, 1.807) is 4.57 Å². The van der Waals surface area contributed by atoms with E-state index in [0.717, 1.165) is 44.3 Å². The Labute approximate surface area is 122 Å². The van der Waals surface area contributed by atoms with E-state index in [1.807, 2.05) is 0 Å². The molecule has 3 rings (SSSR count). The van der Waals surface area contributed by atoms with Crippen molar-refractivity contribution in [3.8, 4) is 0 Å². The molecule has 1 aromatic rings. The normalized spacial score (nSPS) is 26.7. The molecular formula is C15H22F3N3. The third-order valence-electron chi connectivity index (χ3n) is 4.90. The summed E-state index contributed by atoms with van der Waals surface area (Å²) < 4.78 is 41.8. The Kier molecular flexibility index (Phi) is 3.99. The summed E-state index contributed by atoms with van der Waals surface area (Å²) in [6.45, 7) is 3.27. The summed E-state index contributed by atoms with van der Waals surface area (Å²) in [7, 11) is 0. The lowest BCUT2D eigenvalue weighted by atomic mass is 9.82. The number of fused-ring (bicyclic) bond motifs is 1. The molecule has 2 atom stereocenters. The molecule has 1 aliphatic heterocycles. The van der Waals surface area contributed by atoms with Crippen LogP contribution in [0, 0.1) is 5.92 Å². The van der Waals surface area contributed by atoms with Gasteiger partial charge in [-0.3, -0.25) is 0 Å². The van der Waals surface area contributed by atoms with Gasteiger partial charge < -0.3 is 9.88 Å². The molecule has 1 aliphatic carbocycles. The van der Waals surface area contributed by atoms with Gasteiger partial charge in [0, 0.05) is 31.2 Å². The van der Waals surface area contributed by atoms with Gasteiger partial charge in [-0.2, -0.15) is 13.2 Å². The van der Waals surface area contributed by atoms with Gasteiger partial charge in [0.2, 0.25) is 5.82 Å². The van der Waals surface area contributed by atoms with Gasteiger partial charge in [0.1, 0.15) is 0 Å². The lowest BCUT2D eigenvalue weighted by Gasteiger charge is -2.34. The topological polar surface area (TPSA) is 29.9 Å². The molecule has 0 spiro atoms. The summed E-state index contributed by atoms with van der Waals surface area (Å²) in [6, 6.07) is -0.0327. The van der Waals surface area contributed by atoms with Gasteiger partial charge >= 0.3 is 6.18 Å². The van der Waals surface area contributed by atoms with Crippen molar-refractivity contribution in [2.24, 2.45) is 5.92 Å². The smallest absolute Gasteiger partial charge is 0.321 e. The monoisotopic (exact) mass is 301 g/mol. The van der Waals surface area contributed by atoms with Crippen molar-refractivity contribution in [2.75, 3.05) is 6.54 Å². The maximum Gasteiger partial charge on any atom is 0.449 e. The average molecular weight is 301 g/mol. The average Bonchev–Trinajstić information content (AvgIpc) is 2.86. The number of hydrogen-bond donors (Lipinski definition) is 1.